The number of nitrogens with zero attached hydrogens (tertiary/aromatic N) is 1. The average Bonchev–Trinajstić information content (AvgIpc) is 3.01. The van der Waals surface area contributed by atoms with Crippen molar-refractivity contribution in [2.75, 3.05) is 13.7 Å². The van der Waals surface area contributed by atoms with Crippen LogP contribution in [0.5, 0.6) is 0 Å². The highest BCUT2D eigenvalue weighted by Crippen LogP contribution is 2.36. The third-order valence-corrected chi connectivity index (χ3v) is 5.40. The molecular weight excluding hydrogens is 296 g/mol. The zero-order valence-electron chi connectivity index (χ0n) is 13.8. The van der Waals surface area contributed by atoms with Crippen molar-refractivity contribution < 1.29 is 14.1 Å². The van der Waals surface area contributed by atoms with Gasteiger partial charge in [0.2, 0.25) is 0 Å². The number of amides is 1. The molecule has 1 N–H and O–H groups in total. The normalized spacial score (nSPS) is 26.2. The monoisotopic (exact) mass is 322 g/mol. The molecule has 1 aliphatic heterocycles. The molecule has 1 aliphatic carbocycles. The fourth-order valence-electron chi connectivity index (χ4n) is 4.20. The summed E-state index contributed by atoms with van der Waals surface area (Å²) in [5.41, 5.74) is -0.195. The molecule has 128 valence electrons. The molecule has 1 saturated heterocycles. The molecule has 6 heteroatoms. The maximum Gasteiger partial charge on any atom is 0.409 e. The number of H-pyrrole nitrogens is 1. The van der Waals surface area contributed by atoms with Crippen LogP contribution in [0.4, 0.5) is 4.79 Å². The van der Waals surface area contributed by atoms with Crippen LogP contribution < -0.4 is 5.56 Å². The van der Waals surface area contributed by atoms with Crippen LogP contribution in [0.3, 0.4) is 0 Å². The van der Waals surface area contributed by atoms with Crippen LogP contribution >= 0.6 is 0 Å². The van der Waals surface area contributed by atoms with Gasteiger partial charge in [-0.25, -0.2) is 4.79 Å². The minimum atomic E-state index is -0.236. The van der Waals surface area contributed by atoms with Gasteiger partial charge in [0.05, 0.1) is 7.11 Å². The molecule has 0 radical (unpaired) electrons. The second kappa shape index (κ2) is 7.23. The van der Waals surface area contributed by atoms with Gasteiger partial charge in [-0.05, 0) is 25.2 Å². The van der Waals surface area contributed by atoms with Crippen molar-refractivity contribution >= 4 is 6.09 Å². The molecule has 1 amide bonds. The molecule has 1 aromatic heterocycles. The number of carbonyl (C=O) groups is 1. The highest BCUT2D eigenvalue weighted by Gasteiger charge is 2.35. The van der Waals surface area contributed by atoms with Crippen LogP contribution in [0, 0.1) is 5.92 Å². The molecule has 2 heterocycles. The molecule has 2 aliphatic rings. The Bertz CT molecular complexity index is 573. The summed E-state index contributed by atoms with van der Waals surface area (Å²) in [7, 11) is 1.44. The third-order valence-electron chi connectivity index (χ3n) is 5.40. The van der Waals surface area contributed by atoms with E-state index in [9.17, 15) is 9.59 Å². The number of methoxy groups -OCH3 is 1. The van der Waals surface area contributed by atoms with Crippen LogP contribution in [0.1, 0.15) is 63.0 Å². The van der Waals surface area contributed by atoms with E-state index in [0.29, 0.717) is 18.2 Å². The van der Waals surface area contributed by atoms with Crippen LogP contribution in [0.25, 0.3) is 0 Å². The summed E-state index contributed by atoms with van der Waals surface area (Å²) in [5, 5.41) is 2.37. The van der Waals surface area contributed by atoms with Gasteiger partial charge in [0.15, 0.2) is 0 Å². The number of carbonyl (C=O) groups excluding carboxylic acids is 1. The van der Waals surface area contributed by atoms with Gasteiger partial charge >= 0.3 is 6.09 Å². The number of ether oxygens (including phenoxy) is 1. The predicted octanol–water partition coefficient (Wildman–Crippen LogP) is 3.25. The van der Waals surface area contributed by atoms with E-state index in [2.05, 4.69) is 5.16 Å². The molecule has 0 spiro atoms. The fourth-order valence-corrected chi connectivity index (χ4v) is 4.20. The molecule has 0 aromatic carbocycles. The van der Waals surface area contributed by atoms with E-state index in [4.69, 9.17) is 9.26 Å². The van der Waals surface area contributed by atoms with Gasteiger partial charge in [-0.1, -0.05) is 32.1 Å². The molecule has 3 rings (SSSR count). The smallest absolute Gasteiger partial charge is 0.409 e. The summed E-state index contributed by atoms with van der Waals surface area (Å²) in [6.07, 6.45) is 8.88. The summed E-state index contributed by atoms with van der Waals surface area (Å²) < 4.78 is 10.3. The van der Waals surface area contributed by atoms with E-state index in [1.165, 1.54) is 45.3 Å². The van der Waals surface area contributed by atoms with Crippen molar-refractivity contribution in [1.82, 2.24) is 10.1 Å². The van der Waals surface area contributed by atoms with Crippen LogP contribution in [-0.4, -0.2) is 35.8 Å². The van der Waals surface area contributed by atoms with Gasteiger partial charge < -0.3 is 14.2 Å². The minimum absolute atomic E-state index is 0.171. The van der Waals surface area contributed by atoms with Crippen molar-refractivity contribution in [2.45, 2.75) is 63.3 Å². The number of aromatic nitrogens is 1. The zero-order valence-corrected chi connectivity index (χ0v) is 13.8. The molecular formula is C17H26N2O4. The average molecular weight is 322 g/mol. The Morgan fingerprint density at radius 3 is 2.78 bits per heavy atom. The van der Waals surface area contributed by atoms with E-state index < -0.39 is 0 Å². The highest BCUT2D eigenvalue weighted by atomic mass is 16.5. The van der Waals surface area contributed by atoms with Crippen molar-refractivity contribution in [3.05, 3.63) is 22.2 Å². The molecule has 2 fully saturated rings. The first-order valence-electron chi connectivity index (χ1n) is 8.70. The number of aromatic amines is 1. The largest absolute Gasteiger partial charge is 0.453 e. The minimum Gasteiger partial charge on any atom is -0.453 e. The number of likely N-dealkylation sites (tertiary alicyclic amines) is 1. The first-order chi connectivity index (χ1) is 11.2. The van der Waals surface area contributed by atoms with E-state index in [1.807, 2.05) is 4.90 Å². The standard InChI is InChI=1S/C17H26N2O4/c1-22-17(21)19-8-7-13(15-11-16(20)18-23-15)10-14(19)9-12-5-3-2-4-6-12/h11-14H,2-10H2,1H3,(H,18,20)/t13-,14+/m0/s1. The first kappa shape index (κ1) is 16.1. The molecule has 1 saturated carbocycles. The second-order valence-electron chi connectivity index (χ2n) is 6.89. The van der Waals surface area contributed by atoms with Crippen molar-refractivity contribution in [3.63, 3.8) is 0 Å². The Morgan fingerprint density at radius 2 is 2.13 bits per heavy atom. The predicted molar refractivity (Wildman–Crippen MR) is 85.4 cm³/mol. The van der Waals surface area contributed by atoms with E-state index in [1.54, 1.807) is 0 Å². The topological polar surface area (TPSA) is 75.5 Å². The number of rotatable bonds is 3. The van der Waals surface area contributed by atoms with Crippen LogP contribution in [-0.2, 0) is 4.74 Å². The first-order valence-corrected chi connectivity index (χ1v) is 8.70. The van der Waals surface area contributed by atoms with Crippen LogP contribution in [0.2, 0.25) is 0 Å². The maximum atomic E-state index is 12.1. The molecule has 0 bridgehead atoms. The maximum absolute atomic E-state index is 12.1. The highest BCUT2D eigenvalue weighted by molar-refractivity contribution is 5.68. The molecule has 0 unspecified atom stereocenters. The summed E-state index contributed by atoms with van der Waals surface area (Å²) in [5.74, 6) is 1.61. The SMILES string of the molecule is COC(=O)N1CC[C@H](c2cc(=O)[nH]o2)C[C@H]1CC1CCCCC1. The summed E-state index contributed by atoms with van der Waals surface area (Å²) in [6, 6.07) is 1.71. The van der Waals surface area contributed by atoms with E-state index >= 15 is 0 Å². The molecule has 23 heavy (non-hydrogen) atoms. The van der Waals surface area contributed by atoms with Crippen molar-refractivity contribution in [1.29, 1.82) is 0 Å². The molecule has 1 aromatic rings. The van der Waals surface area contributed by atoms with Gasteiger partial charge in [0.1, 0.15) is 5.76 Å². The summed E-state index contributed by atoms with van der Waals surface area (Å²) in [4.78, 5) is 25.3. The van der Waals surface area contributed by atoms with Gasteiger partial charge in [-0.3, -0.25) is 4.79 Å². The lowest BCUT2D eigenvalue weighted by Crippen LogP contribution is -2.46. The lowest BCUT2D eigenvalue weighted by molar-refractivity contribution is 0.0702. The van der Waals surface area contributed by atoms with E-state index in [-0.39, 0.29) is 23.6 Å². The number of nitrogens with one attached hydrogen (secondary N) is 1. The number of piperidine rings is 1. The quantitative estimate of drug-likeness (QED) is 0.927. The number of hydrogen-bond donors (Lipinski definition) is 1. The van der Waals surface area contributed by atoms with Crippen molar-refractivity contribution in [2.24, 2.45) is 5.92 Å². The van der Waals surface area contributed by atoms with Gasteiger partial charge in [-0.2, -0.15) is 5.16 Å². The number of hydrogen-bond acceptors (Lipinski definition) is 4. The zero-order chi connectivity index (χ0) is 16.2. The van der Waals surface area contributed by atoms with E-state index in [0.717, 1.165) is 19.3 Å². The Morgan fingerprint density at radius 1 is 1.35 bits per heavy atom. The molecule has 2 atom stereocenters. The third kappa shape index (κ3) is 3.79. The second-order valence-corrected chi connectivity index (χ2v) is 6.89. The summed E-state index contributed by atoms with van der Waals surface area (Å²) >= 11 is 0. The van der Waals surface area contributed by atoms with Crippen molar-refractivity contribution in [3.8, 4) is 0 Å². The Labute approximate surface area is 136 Å². The van der Waals surface area contributed by atoms with Gasteiger partial charge in [-0.15, -0.1) is 0 Å². The van der Waals surface area contributed by atoms with Gasteiger partial charge in [0.25, 0.3) is 5.56 Å². The summed E-state index contributed by atoms with van der Waals surface area (Å²) in [6.45, 7) is 0.656. The lowest BCUT2D eigenvalue weighted by atomic mass is 9.80. The molecule has 6 nitrogen and oxygen atoms in total. The van der Waals surface area contributed by atoms with Gasteiger partial charge in [0, 0.05) is 24.6 Å². The lowest BCUT2D eigenvalue weighted by Gasteiger charge is -2.40. The van der Waals surface area contributed by atoms with Crippen LogP contribution in [0.15, 0.2) is 15.4 Å². The Balaban J connectivity index is 1.71. The fraction of sp³-hybridized carbons (Fsp3) is 0.765. The Hall–Kier alpha value is -1.72. The Kier molecular flexibility index (Phi) is 5.08.